The van der Waals surface area contributed by atoms with Gasteiger partial charge >= 0.3 is 0 Å². The second-order valence-electron chi connectivity index (χ2n) is 7.55. The lowest BCUT2D eigenvalue weighted by atomic mass is 9.98. The number of piperidine rings is 1. The number of sulfonamides is 1. The normalized spacial score (nSPS) is 23.2. The van der Waals surface area contributed by atoms with Gasteiger partial charge in [-0.1, -0.05) is 24.6 Å². The SMILES string of the molecule is Cc1ccc(S(=O)(=O)N2CCC[C@H]2C(=O)N2CCC(C)CC2)c(C)c1. The van der Waals surface area contributed by atoms with Gasteiger partial charge in [0.15, 0.2) is 0 Å². The highest BCUT2D eigenvalue weighted by Gasteiger charge is 2.41. The molecule has 1 aromatic carbocycles. The first-order valence-corrected chi connectivity index (χ1v) is 10.6. The molecule has 2 aliphatic heterocycles. The molecule has 2 saturated heterocycles. The largest absolute Gasteiger partial charge is 0.341 e. The van der Waals surface area contributed by atoms with Crippen molar-refractivity contribution in [3.63, 3.8) is 0 Å². The first-order valence-electron chi connectivity index (χ1n) is 9.18. The quantitative estimate of drug-likeness (QED) is 0.829. The molecule has 138 valence electrons. The smallest absolute Gasteiger partial charge is 0.244 e. The van der Waals surface area contributed by atoms with Crippen molar-refractivity contribution in [1.29, 1.82) is 0 Å². The minimum absolute atomic E-state index is 0.0160. The second kappa shape index (κ2) is 7.08. The first kappa shape index (κ1) is 18.4. The fourth-order valence-electron chi connectivity index (χ4n) is 3.93. The van der Waals surface area contributed by atoms with Gasteiger partial charge < -0.3 is 4.90 Å². The number of amides is 1. The third-order valence-corrected chi connectivity index (χ3v) is 7.57. The van der Waals surface area contributed by atoms with Crippen LogP contribution in [-0.4, -0.2) is 49.2 Å². The van der Waals surface area contributed by atoms with Gasteiger partial charge in [-0.15, -0.1) is 0 Å². The Kier molecular flexibility index (Phi) is 5.21. The maximum atomic E-state index is 13.2. The molecule has 1 atom stereocenters. The van der Waals surface area contributed by atoms with E-state index >= 15 is 0 Å². The summed E-state index contributed by atoms with van der Waals surface area (Å²) in [5.74, 6) is 0.625. The van der Waals surface area contributed by atoms with Crippen molar-refractivity contribution in [2.45, 2.75) is 57.4 Å². The molecule has 0 radical (unpaired) electrons. The van der Waals surface area contributed by atoms with Gasteiger partial charge in [0.25, 0.3) is 0 Å². The monoisotopic (exact) mass is 364 g/mol. The van der Waals surface area contributed by atoms with Gasteiger partial charge in [-0.3, -0.25) is 4.79 Å². The average Bonchev–Trinajstić information content (AvgIpc) is 3.05. The zero-order chi connectivity index (χ0) is 18.2. The highest BCUT2D eigenvalue weighted by atomic mass is 32.2. The van der Waals surface area contributed by atoms with Crippen LogP contribution in [0.1, 0.15) is 43.7 Å². The molecule has 0 unspecified atom stereocenters. The first-order chi connectivity index (χ1) is 11.8. The Labute approximate surface area is 151 Å². The molecule has 2 fully saturated rings. The Bertz CT molecular complexity index is 752. The molecule has 0 aliphatic carbocycles. The number of hydrogen-bond donors (Lipinski definition) is 0. The number of aryl methyl sites for hydroxylation is 2. The maximum Gasteiger partial charge on any atom is 0.244 e. The van der Waals surface area contributed by atoms with Crippen molar-refractivity contribution in [2.24, 2.45) is 5.92 Å². The number of benzene rings is 1. The molecule has 6 heteroatoms. The van der Waals surface area contributed by atoms with Gasteiger partial charge in [-0.25, -0.2) is 8.42 Å². The van der Waals surface area contributed by atoms with Crippen molar-refractivity contribution in [2.75, 3.05) is 19.6 Å². The summed E-state index contributed by atoms with van der Waals surface area (Å²) in [6.45, 7) is 7.88. The van der Waals surface area contributed by atoms with Crippen LogP contribution in [0, 0.1) is 19.8 Å². The van der Waals surface area contributed by atoms with Gasteiger partial charge in [-0.2, -0.15) is 4.31 Å². The van der Waals surface area contributed by atoms with E-state index in [0.717, 1.165) is 43.5 Å². The number of hydrogen-bond acceptors (Lipinski definition) is 3. The minimum Gasteiger partial charge on any atom is -0.341 e. The summed E-state index contributed by atoms with van der Waals surface area (Å²) in [6.07, 6.45) is 3.37. The molecule has 0 bridgehead atoms. The van der Waals surface area contributed by atoms with E-state index in [1.165, 1.54) is 4.31 Å². The van der Waals surface area contributed by atoms with E-state index in [2.05, 4.69) is 6.92 Å². The van der Waals surface area contributed by atoms with E-state index in [4.69, 9.17) is 0 Å². The second-order valence-corrected chi connectivity index (χ2v) is 9.41. The van der Waals surface area contributed by atoms with E-state index in [1.54, 1.807) is 6.07 Å². The molecule has 3 rings (SSSR count). The minimum atomic E-state index is -3.64. The Morgan fingerprint density at radius 3 is 2.40 bits per heavy atom. The van der Waals surface area contributed by atoms with Crippen molar-refractivity contribution >= 4 is 15.9 Å². The van der Waals surface area contributed by atoms with Gasteiger partial charge in [0.05, 0.1) is 4.90 Å². The van der Waals surface area contributed by atoms with Crippen LogP contribution < -0.4 is 0 Å². The van der Waals surface area contributed by atoms with E-state index in [9.17, 15) is 13.2 Å². The topological polar surface area (TPSA) is 57.7 Å². The van der Waals surface area contributed by atoms with Gasteiger partial charge in [-0.05, 0) is 57.1 Å². The highest BCUT2D eigenvalue weighted by molar-refractivity contribution is 7.89. The van der Waals surface area contributed by atoms with Crippen LogP contribution in [0.5, 0.6) is 0 Å². The number of nitrogens with zero attached hydrogens (tertiary/aromatic N) is 2. The third kappa shape index (κ3) is 3.60. The summed E-state index contributed by atoms with van der Waals surface area (Å²) in [5.41, 5.74) is 1.78. The molecular formula is C19H28N2O3S. The Hall–Kier alpha value is -1.40. The maximum absolute atomic E-state index is 13.2. The van der Waals surface area contributed by atoms with E-state index in [-0.39, 0.29) is 5.91 Å². The van der Waals surface area contributed by atoms with Gasteiger partial charge in [0.1, 0.15) is 6.04 Å². The molecule has 2 aliphatic rings. The molecule has 2 heterocycles. The molecule has 0 saturated carbocycles. The van der Waals surface area contributed by atoms with E-state index in [1.807, 2.05) is 30.9 Å². The summed E-state index contributed by atoms with van der Waals surface area (Å²) in [4.78, 5) is 15.1. The Balaban J connectivity index is 1.84. The van der Waals surface area contributed by atoms with Crippen molar-refractivity contribution < 1.29 is 13.2 Å². The average molecular weight is 365 g/mol. The van der Waals surface area contributed by atoms with Crippen LogP contribution in [0.4, 0.5) is 0 Å². The Morgan fingerprint density at radius 1 is 1.08 bits per heavy atom. The molecule has 25 heavy (non-hydrogen) atoms. The molecule has 5 nitrogen and oxygen atoms in total. The van der Waals surface area contributed by atoms with Crippen LogP contribution in [0.2, 0.25) is 0 Å². The number of carbonyl (C=O) groups is 1. The molecule has 1 amide bonds. The van der Waals surface area contributed by atoms with E-state index in [0.29, 0.717) is 23.8 Å². The van der Waals surface area contributed by atoms with Crippen molar-refractivity contribution in [3.05, 3.63) is 29.3 Å². The lowest BCUT2D eigenvalue weighted by Crippen LogP contribution is -2.49. The summed E-state index contributed by atoms with van der Waals surface area (Å²) in [7, 11) is -3.64. The van der Waals surface area contributed by atoms with Crippen LogP contribution >= 0.6 is 0 Å². The zero-order valence-electron chi connectivity index (χ0n) is 15.4. The molecule has 0 aromatic heterocycles. The third-order valence-electron chi connectivity index (χ3n) is 5.50. The summed E-state index contributed by atoms with van der Waals surface area (Å²) < 4.78 is 27.8. The summed E-state index contributed by atoms with van der Waals surface area (Å²) in [5, 5.41) is 0. The summed E-state index contributed by atoms with van der Waals surface area (Å²) in [6, 6.07) is 4.83. The van der Waals surface area contributed by atoms with Crippen molar-refractivity contribution in [3.8, 4) is 0 Å². The van der Waals surface area contributed by atoms with Crippen LogP contribution in [0.3, 0.4) is 0 Å². The van der Waals surface area contributed by atoms with E-state index < -0.39 is 16.1 Å². The number of carbonyl (C=O) groups excluding carboxylic acids is 1. The lowest BCUT2D eigenvalue weighted by Gasteiger charge is -2.34. The summed E-state index contributed by atoms with van der Waals surface area (Å²) >= 11 is 0. The van der Waals surface area contributed by atoms with Gasteiger partial charge in [0, 0.05) is 19.6 Å². The molecule has 1 aromatic rings. The van der Waals surface area contributed by atoms with Gasteiger partial charge in [0.2, 0.25) is 15.9 Å². The van der Waals surface area contributed by atoms with Crippen LogP contribution in [0.15, 0.2) is 23.1 Å². The molecule has 0 spiro atoms. The predicted octanol–water partition coefficient (Wildman–Crippen LogP) is 2.72. The molecular weight excluding hydrogens is 336 g/mol. The van der Waals surface area contributed by atoms with Crippen molar-refractivity contribution in [1.82, 2.24) is 9.21 Å². The zero-order valence-corrected chi connectivity index (χ0v) is 16.2. The fraction of sp³-hybridized carbons (Fsp3) is 0.632. The highest BCUT2D eigenvalue weighted by Crippen LogP contribution is 2.30. The predicted molar refractivity (Wildman–Crippen MR) is 97.8 cm³/mol. The molecule has 0 N–H and O–H groups in total. The van der Waals surface area contributed by atoms with Crippen LogP contribution in [0.25, 0.3) is 0 Å². The van der Waals surface area contributed by atoms with Crippen LogP contribution in [-0.2, 0) is 14.8 Å². The number of likely N-dealkylation sites (tertiary alicyclic amines) is 1. The fourth-order valence-corrected chi connectivity index (χ4v) is 5.79. The lowest BCUT2D eigenvalue weighted by molar-refractivity contribution is -0.135. The Morgan fingerprint density at radius 2 is 1.76 bits per heavy atom. The number of rotatable bonds is 3. The standard InChI is InChI=1S/C19H28N2O3S/c1-14-8-11-20(12-9-14)19(22)17-5-4-10-21(17)25(23,24)18-7-6-15(2)13-16(18)3/h6-7,13-14,17H,4-5,8-12H2,1-3H3/t17-/m0/s1.